The zero-order valence-corrected chi connectivity index (χ0v) is 21.6. The van der Waals surface area contributed by atoms with Crippen LogP contribution in [0.2, 0.25) is 0 Å². The first-order valence-corrected chi connectivity index (χ1v) is 12.6. The summed E-state index contributed by atoms with van der Waals surface area (Å²) in [6, 6.07) is 15.6. The minimum atomic E-state index is -0.312. The molecule has 0 unspecified atom stereocenters. The Bertz CT molecular complexity index is 1110. The van der Waals surface area contributed by atoms with Gasteiger partial charge in [0.15, 0.2) is 0 Å². The first-order valence-electron chi connectivity index (χ1n) is 11.7. The number of halogens is 1. The minimum absolute atomic E-state index is 0.00120. The zero-order valence-electron chi connectivity index (χ0n) is 20.8. The summed E-state index contributed by atoms with van der Waals surface area (Å²) in [4.78, 5) is 31.2. The molecule has 2 aromatic carbocycles. The van der Waals surface area contributed by atoms with Gasteiger partial charge in [-0.25, -0.2) is 4.39 Å². The maximum atomic E-state index is 13.5. The Balaban J connectivity index is 1.77. The lowest BCUT2D eigenvalue weighted by Gasteiger charge is -2.29. The standard InChI is InChI=1S/C28H33FN2O3S/c1-20(2)16-30(27(32)15-22-7-11-25(34-4)12-8-22)19-28(33)31(18-26-21(3)13-14-35-26)17-23-5-9-24(29)10-6-23/h5-14,20H,15-19H2,1-4H3. The lowest BCUT2D eigenvalue weighted by atomic mass is 10.1. The van der Waals surface area contributed by atoms with Crippen LogP contribution in [-0.4, -0.2) is 41.8 Å². The van der Waals surface area contributed by atoms with Gasteiger partial charge in [-0.15, -0.1) is 11.3 Å². The molecule has 0 radical (unpaired) electrons. The maximum absolute atomic E-state index is 13.5. The van der Waals surface area contributed by atoms with Crippen LogP contribution in [0.4, 0.5) is 4.39 Å². The highest BCUT2D eigenvalue weighted by molar-refractivity contribution is 7.10. The monoisotopic (exact) mass is 496 g/mol. The fourth-order valence-electron chi connectivity index (χ4n) is 3.77. The Labute approximate surface area is 211 Å². The first-order chi connectivity index (χ1) is 16.7. The van der Waals surface area contributed by atoms with Crippen molar-refractivity contribution in [2.24, 2.45) is 5.92 Å². The zero-order chi connectivity index (χ0) is 25.4. The predicted octanol–water partition coefficient (Wildman–Crippen LogP) is 5.46. The van der Waals surface area contributed by atoms with Crippen LogP contribution < -0.4 is 4.74 Å². The average Bonchev–Trinajstić information content (AvgIpc) is 3.24. The molecule has 3 rings (SSSR count). The van der Waals surface area contributed by atoms with Crippen molar-refractivity contribution < 1.29 is 18.7 Å². The molecule has 0 aliphatic heterocycles. The van der Waals surface area contributed by atoms with Crippen LogP contribution >= 0.6 is 11.3 Å². The highest BCUT2D eigenvalue weighted by Crippen LogP contribution is 2.20. The highest BCUT2D eigenvalue weighted by atomic mass is 32.1. The maximum Gasteiger partial charge on any atom is 0.242 e. The molecule has 0 saturated heterocycles. The van der Waals surface area contributed by atoms with Gasteiger partial charge in [-0.05, 0) is 65.2 Å². The van der Waals surface area contributed by atoms with E-state index in [-0.39, 0.29) is 36.5 Å². The van der Waals surface area contributed by atoms with Crippen molar-refractivity contribution in [3.05, 3.63) is 87.4 Å². The molecule has 0 aliphatic rings. The Morgan fingerprint density at radius 3 is 2.14 bits per heavy atom. The van der Waals surface area contributed by atoms with E-state index in [4.69, 9.17) is 4.74 Å². The molecule has 0 atom stereocenters. The number of aryl methyl sites for hydroxylation is 1. The molecule has 0 fully saturated rings. The summed E-state index contributed by atoms with van der Waals surface area (Å²) in [5.41, 5.74) is 2.84. The third-order valence-electron chi connectivity index (χ3n) is 5.72. The van der Waals surface area contributed by atoms with Crippen LogP contribution in [0.25, 0.3) is 0 Å². The SMILES string of the molecule is COc1ccc(CC(=O)N(CC(=O)N(Cc2ccc(F)cc2)Cc2sccc2C)CC(C)C)cc1. The van der Waals surface area contributed by atoms with E-state index in [1.165, 1.54) is 12.1 Å². The van der Waals surface area contributed by atoms with Gasteiger partial charge in [0, 0.05) is 18.0 Å². The summed E-state index contributed by atoms with van der Waals surface area (Å²) in [5, 5.41) is 2.01. The minimum Gasteiger partial charge on any atom is -0.497 e. The van der Waals surface area contributed by atoms with Crippen molar-refractivity contribution in [2.45, 2.75) is 40.3 Å². The largest absolute Gasteiger partial charge is 0.497 e. The number of carbonyl (C=O) groups excluding carboxylic acids is 2. The number of hydrogen-bond acceptors (Lipinski definition) is 4. The van der Waals surface area contributed by atoms with Gasteiger partial charge >= 0.3 is 0 Å². The number of amides is 2. The van der Waals surface area contributed by atoms with Crippen LogP contribution in [0.3, 0.4) is 0 Å². The second-order valence-corrected chi connectivity index (χ2v) is 10.1. The molecule has 1 aromatic heterocycles. The summed E-state index contributed by atoms with van der Waals surface area (Å²) in [5.74, 6) is 0.411. The van der Waals surface area contributed by atoms with Crippen molar-refractivity contribution in [1.82, 2.24) is 9.80 Å². The summed E-state index contributed by atoms with van der Waals surface area (Å²) >= 11 is 1.60. The summed E-state index contributed by atoms with van der Waals surface area (Å²) in [7, 11) is 1.60. The predicted molar refractivity (Wildman–Crippen MR) is 138 cm³/mol. The fraction of sp³-hybridized carbons (Fsp3) is 0.357. The summed E-state index contributed by atoms with van der Waals surface area (Å²) < 4.78 is 18.6. The van der Waals surface area contributed by atoms with Gasteiger partial charge in [-0.3, -0.25) is 9.59 Å². The first kappa shape index (κ1) is 26.4. The third-order valence-corrected chi connectivity index (χ3v) is 6.73. The molecule has 0 aliphatic carbocycles. The van der Waals surface area contributed by atoms with E-state index in [0.717, 1.165) is 27.3 Å². The topological polar surface area (TPSA) is 49.9 Å². The van der Waals surface area contributed by atoms with Crippen LogP contribution in [-0.2, 0) is 29.1 Å². The molecule has 2 amide bonds. The van der Waals surface area contributed by atoms with Crippen LogP contribution in [0.5, 0.6) is 5.75 Å². The van der Waals surface area contributed by atoms with Gasteiger partial charge in [-0.1, -0.05) is 38.1 Å². The molecule has 7 heteroatoms. The van der Waals surface area contributed by atoms with Crippen molar-refractivity contribution in [2.75, 3.05) is 20.2 Å². The Hall–Kier alpha value is -3.19. The lowest BCUT2D eigenvalue weighted by Crippen LogP contribution is -2.44. The Morgan fingerprint density at radius 2 is 1.57 bits per heavy atom. The van der Waals surface area contributed by atoms with Gasteiger partial charge < -0.3 is 14.5 Å². The van der Waals surface area contributed by atoms with Gasteiger partial charge in [0.25, 0.3) is 0 Å². The number of thiophene rings is 1. The number of benzene rings is 2. The molecule has 5 nitrogen and oxygen atoms in total. The van der Waals surface area contributed by atoms with Crippen molar-refractivity contribution in [3.8, 4) is 5.75 Å². The molecule has 186 valence electrons. The molecule has 35 heavy (non-hydrogen) atoms. The summed E-state index contributed by atoms with van der Waals surface area (Å²) in [6.07, 6.45) is 0.214. The van der Waals surface area contributed by atoms with E-state index >= 15 is 0 Å². The van der Waals surface area contributed by atoms with Crippen LogP contribution in [0, 0.1) is 18.7 Å². The third kappa shape index (κ3) is 7.92. The van der Waals surface area contributed by atoms with Gasteiger partial charge in [0.05, 0.1) is 26.6 Å². The van der Waals surface area contributed by atoms with E-state index in [1.807, 2.05) is 56.5 Å². The Morgan fingerprint density at radius 1 is 0.914 bits per heavy atom. The molecule has 0 spiro atoms. The van der Waals surface area contributed by atoms with Gasteiger partial charge in [-0.2, -0.15) is 0 Å². The quantitative estimate of drug-likeness (QED) is 0.354. The molecule has 3 aromatic rings. The smallest absolute Gasteiger partial charge is 0.242 e. The summed E-state index contributed by atoms with van der Waals surface area (Å²) in [6.45, 7) is 7.37. The van der Waals surface area contributed by atoms with E-state index in [2.05, 4.69) is 0 Å². The number of nitrogens with zero attached hydrogens (tertiary/aromatic N) is 2. The number of rotatable bonds is 11. The average molecular weight is 497 g/mol. The molecule has 0 saturated carbocycles. The van der Waals surface area contributed by atoms with Gasteiger partial charge in [0.2, 0.25) is 11.8 Å². The van der Waals surface area contributed by atoms with E-state index in [0.29, 0.717) is 19.6 Å². The molecule has 0 N–H and O–H groups in total. The van der Waals surface area contributed by atoms with Crippen LogP contribution in [0.15, 0.2) is 60.0 Å². The number of carbonyl (C=O) groups is 2. The van der Waals surface area contributed by atoms with Crippen molar-refractivity contribution in [3.63, 3.8) is 0 Å². The van der Waals surface area contributed by atoms with Crippen molar-refractivity contribution >= 4 is 23.2 Å². The molecular weight excluding hydrogens is 463 g/mol. The lowest BCUT2D eigenvalue weighted by molar-refractivity contribution is -0.141. The highest BCUT2D eigenvalue weighted by Gasteiger charge is 2.23. The van der Waals surface area contributed by atoms with Gasteiger partial charge in [0.1, 0.15) is 11.6 Å². The van der Waals surface area contributed by atoms with E-state index in [1.54, 1.807) is 40.4 Å². The van der Waals surface area contributed by atoms with E-state index < -0.39 is 0 Å². The molecule has 1 heterocycles. The fourth-order valence-corrected chi connectivity index (χ4v) is 4.69. The van der Waals surface area contributed by atoms with Crippen molar-refractivity contribution in [1.29, 1.82) is 0 Å². The molecular formula is C28H33FN2O3S. The van der Waals surface area contributed by atoms with E-state index in [9.17, 15) is 14.0 Å². The number of ether oxygens (including phenoxy) is 1. The molecule has 0 bridgehead atoms. The van der Waals surface area contributed by atoms with Crippen LogP contribution in [0.1, 0.15) is 35.4 Å². The number of methoxy groups -OCH3 is 1. The second kappa shape index (κ2) is 12.5. The normalized spacial score (nSPS) is 10.9. The Kier molecular flexibility index (Phi) is 9.43. The second-order valence-electron chi connectivity index (χ2n) is 9.10. The number of hydrogen-bond donors (Lipinski definition) is 0.